The summed E-state index contributed by atoms with van der Waals surface area (Å²) in [6.07, 6.45) is 3.06. The topological polar surface area (TPSA) is 44.3 Å². The summed E-state index contributed by atoms with van der Waals surface area (Å²) in [4.78, 5) is 0. The predicted octanol–water partition coefficient (Wildman–Crippen LogP) is 1.41. The van der Waals surface area contributed by atoms with Crippen molar-refractivity contribution in [3.05, 3.63) is 35.9 Å². The van der Waals surface area contributed by atoms with E-state index in [1.54, 1.807) is 0 Å². The molecule has 1 aromatic carbocycles. The Morgan fingerprint density at radius 3 is 2.65 bits per heavy atom. The Morgan fingerprint density at radius 2 is 1.82 bits per heavy atom. The first-order chi connectivity index (χ1) is 8.34. The molecule has 1 aromatic rings. The lowest BCUT2D eigenvalue weighted by atomic mass is 9.78. The predicted molar refractivity (Wildman–Crippen MR) is 67.5 cm³/mol. The highest BCUT2D eigenvalue weighted by Crippen LogP contribution is 2.35. The Kier molecular flexibility index (Phi) is 3.14. The monoisotopic (exact) mass is 232 g/mol. The van der Waals surface area contributed by atoms with Gasteiger partial charge in [-0.15, -0.1) is 0 Å². The van der Waals surface area contributed by atoms with Crippen molar-refractivity contribution in [2.24, 2.45) is 5.92 Å². The van der Waals surface area contributed by atoms with Gasteiger partial charge in [0.05, 0.1) is 6.10 Å². The van der Waals surface area contributed by atoms with Gasteiger partial charge in [0.2, 0.25) is 0 Å². The molecule has 0 spiro atoms. The van der Waals surface area contributed by atoms with Gasteiger partial charge in [-0.1, -0.05) is 30.3 Å². The quantitative estimate of drug-likeness (QED) is 0.722. The summed E-state index contributed by atoms with van der Waals surface area (Å²) in [6.45, 7) is 0.920. The van der Waals surface area contributed by atoms with Gasteiger partial charge in [0.25, 0.3) is 0 Å². The van der Waals surface area contributed by atoms with E-state index in [1.165, 1.54) is 6.42 Å². The zero-order valence-corrected chi connectivity index (χ0v) is 9.97. The van der Waals surface area contributed by atoms with Gasteiger partial charge in [0, 0.05) is 18.8 Å². The van der Waals surface area contributed by atoms with Crippen molar-refractivity contribution in [2.75, 3.05) is 6.67 Å². The second-order valence-corrected chi connectivity index (χ2v) is 5.23. The van der Waals surface area contributed by atoms with Crippen LogP contribution in [-0.2, 0) is 0 Å². The average molecular weight is 232 g/mol. The summed E-state index contributed by atoms with van der Waals surface area (Å²) in [5, 5.41) is 17.4. The van der Waals surface area contributed by atoms with Gasteiger partial charge in [-0.2, -0.15) is 0 Å². The minimum absolute atomic E-state index is 0.306. The van der Waals surface area contributed by atoms with Gasteiger partial charge in [0.15, 0.2) is 0 Å². The molecule has 1 aliphatic heterocycles. The zero-order valence-electron chi connectivity index (χ0n) is 9.97. The van der Waals surface area contributed by atoms with Crippen LogP contribution >= 0.6 is 0 Å². The molecule has 92 valence electrons. The highest BCUT2D eigenvalue weighted by molar-refractivity contribution is 5.18. The van der Waals surface area contributed by atoms with Gasteiger partial charge in [-0.3, -0.25) is 0 Å². The number of aliphatic hydroxyl groups is 1. The second kappa shape index (κ2) is 4.77. The molecule has 0 bridgehead atoms. The van der Waals surface area contributed by atoms with E-state index >= 15 is 0 Å². The first-order valence-corrected chi connectivity index (χ1v) is 6.54. The fourth-order valence-corrected chi connectivity index (χ4v) is 3.20. The van der Waals surface area contributed by atoms with Crippen LogP contribution in [0.3, 0.4) is 0 Å². The number of rotatable bonds is 2. The maximum absolute atomic E-state index is 10.4. The maximum Gasteiger partial charge on any atom is 0.0818 e. The lowest BCUT2D eigenvalue weighted by Gasteiger charge is -2.34. The maximum atomic E-state index is 10.4. The number of nitrogens with one attached hydrogen (secondary N) is 2. The average Bonchev–Trinajstić information content (AvgIpc) is 2.86. The molecule has 1 aliphatic carbocycles. The molecular formula is C14H20N2O. The summed E-state index contributed by atoms with van der Waals surface area (Å²) in [7, 11) is 0. The highest BCUT2D eigenvalue weighted by atomic mass is 16.3. The van der Waals surface area contributed by atoms with Gasteiger partial charge in [-0.25, -0.2) is 0 Å². The molecule has 1 saturated heterocycles. The minimum atomic E-state index is -0.306. The zero-order chi connectivity index (χ0) is 11.7. The summed E-state index contributed by atoms with van der Waals surface area (Å²) in [6, 6.07) is 11.2. The third kappa shape index (κ3) is 2.23. The molecule has 0 amide bonds. The van der Waals surface area contributed by atoms with E-state index in [0.29, 0.717) is 18.0 Å². The Labute approximate surface area is 102 Å². The number of aliphatic hydroxyl groups excluding tert-OH is 1. The summed E-state index contributed by atoms with van der Waals surface area (Å²) >= 11 is 0. The minimum Gasteiger partial charge on any atom is -0.388 e. The molecule has 0 aromatic heterocycles. The van der Waals surface area contributed by atoms with Crippen LogP contribution in [-0.4, -0.2) is 23.9 Å². The van der Waals surface area contributed by atoms with Crippen molar-refractivity contribution < 1.29 is 5.11 Å². The van der Waals surface area contributed by atoms with Crippen LogP contribution in [0.25, 0.3) is 0 Å². The Bertz CT molecular complexity index is 368. The lowest BCUT2D eigenvalue weighted by Crippen LogP contribution is -2.40. The van der Waals surface area contributed by atoms with Crippen molar-refractivity contribution in [3.8, 4) is 0 Å². The molecule has 1 saturated carbocycles. The number of hydrogen-bond acceptors (Lipinski definition) is 3. The van der Waals surface area contributed by atoms with E-state index < -0.39 is 0 Å². The first kappa shape index (κ1) is 11.2. The van der Waals surface area contributed by atoms with Crippen LogP contribution in [0, 0.1) is 5.92 Å². The molecule has 2 aliphatic rings. The van der Waals surface area contributed by atoms with Gasteiger partial charge >= 0.3 is 0 Å². The fraction of sp³-hybridized carbons (Fsp3) is 0.571. The third-order valence-electron chi connectivity index (χ3n) is 4.21. The second-order valence-electron chi connectivity index (χ2n) is 5.23. The van der Waals surface area contributed by atoms with Crippen LogP contribution in [0.15, 0.2) is 30.3 Å². The standard InChI is InChI=1S/C14H20N2O/c17-14(10-4-2-1-3-5-10)11-6-7-12-13(8-11)16-9-15-12/h1-5,11-17H,6-9H2. The normalized spacial score (nSPS) is 34.3. The molecule has 3 N–H and O–H groups in total. The van der Waals surface area contributed by atoms with E-state index in [9.17, 15) is 5.11 Å². The Morgan fingerprint density at radius 1 is 1.06 bits per heavy atom. The van der Waals surface area contributed by atoms with Crippen LogP contribution in [0.1, 0.15) is 30.9 Å². The van der Waals surface area contributed by atoms with Crippen LogP contribution in [0.5, 0.6) is 0 Å². The van der Waals surface area contributed by atoms with Crippen LogP contribution in [0.4, 0.5) is 0 Å². The molecule has 1 heterocycles. The largest absolute Gasteiger partial charge is 0.388 e. The van der Waals surface area contributed by atoms with Crippen molar-refractivity contribution >= 4 is 0 Å². The number of benzene rings is 1. The Balaban J connectivity index is 1.69. The summed E-state index contributed by atoms with van der Waals surface area (Å²) < 4.78 is 0. The van der Waals surface area contributed by atoms with Crippen LogP contribution < -0.4 is 10.6 Å². The molecule has 4 atom stereocenters. The molecule has 3 heteroatoms. The van der Waals surface area contributed by atoms with Crippen molar-refractivity contribution in [2.45, 2.75) is 37.5 Å². The first-order valence-electron chi connectivity index (χ1n) is 6.54. The van der Waals surface area contributed by atoms with Gasteiger partial charge in [0.1, 0.15) is 0 Å². The van der Waals surface area contributed by atoms with Crippen molar-refractivity contribution in [1.29, 1.82) is 0 Å². The molecule has 2 fully saturated rings. The van der Waals surface area contributed by atoms with Crippen LogP contribution in [0.2, 0.25) is 0 Å². The molecule has 3 rings (SSSR count). The van der Waals surface area contributed by atoms with Gasteiger partial charge < -0.3 is 15.7 Å². The Hall–Kier alpha value is -0.900. The summed E-state index contributed by atoms with van der Waals surface area (Å²) in [5.41, 5.74) is 1.06. The van der Waals surface area contributed by atoms with Crippen molar-refractivity contribution in [1.82, 2.24) is 10.6 Å². The third-order valence-corrected chi connectivity index (χ3v) is 4.21. The van der Waals surface area contributed by atoms with E-state index in [4.69, 9.17) is 0 Å². The SMILES string of the molecule is OC(c1ccccc1)C1CCC2NCNC2C1. The highest BCUT2D eigenvalue weighted by Gasteiger charge is 2.36. The van der Waals surface area contributed by atoms with Crippen molar-refractivity contribution in [3.63, 3.8) is 0 Å². The van der Waals surface area contributed by atoms with E-state index in [0.717, 1.165) is 25.1 Å². The molecule has 0 radical (unpaired) electrons. The van der Waals surface area contributed by atoms with Gasteiger partial charge in [-0.05, 0) is 30.7 Å². The molecule has 17 heavy (non-hydrogen) atoms. The molecular weight excluding hydrogens is 212 g/mol. The molecule has 4 unspecified atom stereocenters. The number of hydrogen-bond donors (Lipinski definition) is 3. The van der Waals surface area contributed by atoms with E-state index in [-0.39, 0.29) is 6.10 Å². The fourth-order valence-electron chi connectivity index (χ4n) is 3.20. The molecule has 3 nitrogen and oxygen atoms in total. The lowest BCUT2D eigenvalue weighted by molar-refractivity contribution is 0.0742. The smallest absolute Gasteiger partial charge is 0.0818 e. The van der Waals surface area contributed by atoms with E-state index in [1.807, 2.05) is 30.3 Å². The summed E-state index contributed by atoms with van der Waals surface area (Å²) in [5.74, 6) is 0.394. The van der Waals surface area contributed by atoms with E-state index in [2.05, 4.69) is 10.6 Å². The number of fused-ring (bicyclic) bond motifs is 1.